The Labute approximate surface area is 199 Å². The first-order chi connectivity index (χ1) is 13.7. The Morgan fingerprint density at radius 2 is 1.80 bits per heavy atom. The maximum Gasteiger partial charge on any atom is 0.191 e. The fourth-order valence-corrected chi connectivity index (χ4v) is 3.56. The monoisotopic (exact) mass is 526 g/mol. The minimum atomic E-state index is 0. The number of guanidine groups is 1. The van der Waals surface area contributed by atoms with Gasteiger partial charge in [0.1, 0.15) is 0 Å². The molecule has 1 aromatic heterocycles. The lowest BCUT2D eigenvalue weighted by Crippen LogP contribution is -2.43. The quantitative estimate of drug-likeness (QED) is 0.313. The van der Waals surface area contributed by atoms with Crippen LogP contribution in [0.4, 0.5) is 0 Å². The summed E-state index contributed by atoms with van der Waals surface area (Å²) in [6.07, 6.45) is 0.922. The molecule has 6 nitrogen and oxygen atoms in total. The van der Waals surface area contributed by atoms with Gasteiger partial charge in [-0.15, -0.1) is 24.0 Å². The molecule has 2 aromatic rings. The van der Waals surface area contributed by atoms with E-state index in [2.05, 4.69) is 93.6 Å². The van der Waals surface area contributed by atoms with Crippen molar-refractivity contribution in [3.63, 3.8) is 0 Å². The maximum atomic E-state index is 4.90. The number of rotatable bonds is 8. The van der Waals surface area contributed by atoms with Crippen LogP contribution >= 0.6 is 24.0 Å². The number of aryl methyl sites for hydroxylation is 3. The van der Waals surface area contributed by atoms with Gasteiger partial charge in [-0.05, 0) is 66.3 Å². The lowest BCUT2D eigenvalue weighted by Gasteiger charge is -2.24. The third kappa shape index (κ3) is 7.27. The fourth-order valence-electron chi connectivity index (χ4n) is 3.56. The summed E-state index contributed by atoms with van der Waals surface area (Å²) in [4.78, 5) is 7.12. The molecule has 1 heterocycles. The van der Waals surface area contributed by atoms with Gasteiger partial charge in [0.2, 0.25) is 0 Å². The summed E-state index contributed by atoms with van der Waals surface area (Å²) in [6, 6.07) is 9.23. The molecule has 0 saturated carbocycles. The largest absolute Gasteiger partial charge is 0.357 e. The molecule has 0 radical (unpaired) electrons. The van der Waals surface area contributed by atoms with Gasteiger partial charge in [0.15, 0.2) is 5.96 Å². The van der Waals surface area contributed by atoms with Crippen LogP contribution in [-0.4, -0.2) is 53.9 Å². The highest BCUT2D eigenvalue weighted by atomic mass is 127. The Hall–Kier alpha value is -1.61. The molecule has 0 aliphatic heterocycles. The SMILES string of the molecule is CCNC(=NCC(c1ccc(C)cc1)N(C)C)NC(C)Cc1c(C)nn(C)c1C.I. The smallest absolute Gasteiger partial charge is 0.191 e. The second-order valence-corrected chi connectivity index (χ2v) is 8.13. The van der Waals surface area contributed by atoms with Crippen LogP contribution in [0.2, 0.25) is 0 Å². The third-order valence-electron chi connectivity index (χ3n) is 5.40. The molecule has 168 valence electrons. The molecule has 0 saturated heterocycles. The number of nitrogens with one attached hydrogen (secondary N) is 2. The second kappa shape index (κ2) is 12.3. The van der Waals surface area contributed by atoms with E-state index in [9.17, 15) is 0 Å². The van der Waals surface area contributed by atoms with Crippen molar-refractivity contribution in [2.45, 2.75) is 53.1 Å². The van der Waals surface area contributed by atoms with Gasteiger partial charge >= 0.3 is 0 Å². The van der Waals surface area contributed by atoms with Crippen molar-refractivity contribution in [3.8, 4) is 0 Å². The highest BCUT2D eigenvalue weighted by Crippen LogP contribution is 2.19. The molecule has 0 spiro atoms. The molecule has 0 aliphatic rings. The van der Waals surface area contributed by atoms with Crippen LogP contribution in [0.3, 0.4) is 0 Å². The van der Waals surface area contributed by atoms with Crippen LogP contribution in [0.15, 0.2) is 29.3 Å². The molecule has 2 atom stereocenters. The van der Waals surface area contributed by atoms with Crippen LogP contribution in [0.1, 0.15) is 48.0 Å². The van der Waals surface area contributed by atoms with Gasteiger partial charge in [0.05, 0.1) is 18.3 Å². The zero-order chi connectivity index (χ0) is 21.6. The molecular weight excluding hydrogens is 487 g/mol. The molecule has 7 heteroatoms. The van der Waals surface area contributed by atoms with Crippen LogP contribution in [0.25, 0.3) is 0 Å². The Balaban J connectivity index is 0.00000450. The lowest BCUT2D eigenvalue weighted by atomic mass is 10.0. The van der Waals surface area contributed by atoms with E-state index in [0.29, 0.717) is 6.54 Å². The van der Waals surface area contributed by atoms with Crippen molar-refractivity contribution in [2.75, 3.05) is 27.2 Å². The number of aromatic nitrogens is 2. The average molecular weight is 527 g/mol. The molecule has 2 unspecified atom stereocenters. The van der Waals surface area contributed by atoms with Gasteiger partial charge in [-0.25, -0.2) is 0 Å². The van der Waals surface area contributed by atoms with Gasteiger partial charge in [-0.2, -0.15) is 5.10 Å². The average Bonchev–Trinajstić information content (AvgIpc) is 2.89. The number of benzene rings is 1. The summed E-state index contributed by atoms with van der Waals surface area (Å²) >= 11 is 0. The van der Waals surface area contributed by atoms with Crippen molar-refractivity contribution in [2.24, 2.45) is 12.0 Å². The molecule has 30 heavy (non-hydrogen) atoms. The molecule has 1 aromatic carbocycles. The van der Waals surface area contributed by atoms with Crippen molar-refractivity contribution < 1.29 is 0 Å². The van der Waals surface area contributed by atoms with Gasteiger partial charge in [0.25, 0.3) is 0 Å². The first-order valence-corrected chi connectivity index (χ1v) is 10.5. The van der Waals surface area contributed by atoms with E-state index < -0.39 is 0 Å². The zero-order valence-electron chi connectivity index (χ0n) is 19.8. The van der Waals surface area contributed by atoms with E-state index in [1.165, 1.54) is 22.4 Å². The normalized spacial score (nSPS) is 13.7. The summed E-state index contributed by atoms with van der Waals surface area (Å²) in [7, 11) is 6.22. The zero-order valence-corrected chi connectivity index (χ0v) is 22.1. The van der Waals surface area contributed by atoms with Crippen molar-refractivity contribution in [3.05, 3.63) is 52.3 Å². The van der Waals surface area contributed by atoms with E-state index in [0.717, 1.165) is 24.6 Å². The Morgan fingerprint density at radius 1 is 1.17 bits per heavy atom. The lowest BCUT2D eigenvalue weighted by molar-refractivity contribution is 0.306. The fraction of sp³-hybridized carbons (Fsp3) is 0.565. The molecule has 0 fully saturated rings. The minimum Gasteiger partial charge on any atom is -0.357 e. The number of aliphatic imine (C=N–C) groups is 1. The van der Waals surface area contributed by atoms with Crippen LogP contribution in [-0.2, 0) is 13.5 Å². The summed E-state index contributed by atoms with van der Waals surface area (Å²) in [6.45, 7) is 12.2. The van der Waals surface area contributed by atoms with Gasteiger partial charge in [0, 0.05) is 25.3 Å². The van der Waals surface area contributed by atoms with E-state index in [4.69, 9.17) is 4.99 Å². The van der Waals surface area contributed by atoms with E-state index in [-0.39, 0.29) is 36.1 Å². The number of halogens is 1. The second-order valence-electron chi connectivity index (χ2n) is 8.13. The summed E-state index contributed by atoms with van der Waals surface area (Å²) in [5.74, 6) is 0.859. The summed E-state index contributed by atoms with van der Waals surface area (Å²) < 4.78 is 1.96. The molecule has 2 rings (SSSR count). The predicted octanol–water partition coefficient (Wildman–Crippen LogP) is 3.75. The first kappa shape index (κ1) is 26.4. The third-order valence-corrected chi connectivity index (χ3v) is 5.40. The molecule has 0 bridgehead atoms. The molecule has 0 aliphatic carbocycles. The van der Waals surface area contributed by atoms with E-state index >= 15 is 0 Å². The summed E-state index contributed by atoms with van der Waals surface area (Å²) in [5, 5.41) is 11.5. The van der Waals surface area contributed by atoms with Crippen LogP contribution in [0, 0.1) is 20.8 Å². The Bertz CT molecular complexity index is 810. The highest BCUT2D eigenvalue weighted by molar-refractivity contribution is 14.0. The number of nitrogens with zero attached hydrogens (tertiary/aromatic N) is 4. The Morgan fingerprint density at radius 3 is 2.30 bits per heavy atom. The van der Waals surface area contributed by atoms with Crippen LogP contribution < -0.4 is 10.6 Å². The molecule has 2 N–H and O–H groups in total. The highest BCUT2D eigenvalue weighted by Gasteiger charge is 2.16. The maximum absolute atomic E-state index is 4.90. The van der Waals surface area contributed by atoms with Gasteiger partial charge < -0.3 is 15.5 Å². The number of hydrogen-bond acceptors (Lipinski definition) is 3. The summed E-state index contributed by atoms with van der Waals surface area (Å²) in [5.41, 5.74) is 6.21. The molecule has 0 amide bonds. The van der Waals surface area contributed by atoms with Crippen molar-refractivity contribution in [1.29, 1.82) is 0 Å². The molecular formula is C23H39IN6. The van der Waals surface area contributed by atoms with Crippen molar-refractivity contribution >= 4 is 29.9 Å². The van der Waals surface area contributed by atoms with Crippen LogP contribution in [0.5, 0.6) is 0 Å². The predicted molar refractivity (Wildman–Crippen MR) is 138 cm³/mol. The standard InChI is InChI=1S/C23H38N6.HI/c1-9-24-23(26-17(3)14-21-18(4)27-29(8)19(21)5)25-15-22(28(6)7)20-12-10-16(2)11-13-20;/h10-13,17,22H,9,14-15H2,1-8H3,(H2,24,25,26);1H. The van der Waals surface area contributed by atoms with Gasteiger partial charge in [-0.1, -0.05) is 29.8 Å². The van der Waals surface area contributed by atoms with E-state index in [1.807, 2.05) is 11.7 Å². The number of hydrogen-bond donors (Lipinski definition) is 2. The Kier molecular flexibility index (Phi) is 10.8. The minimum absolute atomic E-state index is 0. The van der Waals surface area contributed by atoms with Crippen molar-refractivity contribution in [1.82, 2.24) is 25.3 Å². The van der Waals surface area contributed by atoms with Gasteiger partial charge in [-0.3, -0.25) is 9.67 Å². The topological polar surface area (TPSA) is 57.5 Å². The number of likely N-dealkylation sites (N-methyl/N-ethyl adjacent to an activating group) is 1. The van der Waals surface area contributed by atoms with E-state index in [1.54, 1.807) is 0 Å². The first-order valence-electron chi connectivity index (χ1n) is 10.5.